The van der Waals surface area contributed by atoms with Gasteiger partial charge in [-0.3, -0.25) is 4.79 Å². The Morgan fingerprint density at radius 1 is 0.950 bits per heavy atom. The molecule has 0 spiro atoms. The van der Waals surface area contributed by atoms with Crippen molar-refractivity contribution in [2.24, 2.45) is 5.73 Å². The number of para-hydroxylation sites is 1. The number of anilines is 1. The molecule has 1 heterocycles. The van der Waals surface area contributed by atoms with Crippen LogP contribution in [0, 0.1) is 11.8 Å². The van der Waals surface area contributed by atoms with E-state index in [2.05, 4.69) is 17.2 Å². The van der Waals surface area contributed by atoms with Crippen molar-refractivity contribution in [1.82, 2.24) is 0 Å². The second-order valence-corrected chi connectivity index (χ2v) is 4.69. The molecule has 3 nitrogen and oxygen atoms in total. The quantitative estimate of drug-likeness (QED) is 0.773. The van der Waals surface area contributed by atoms with Crippen LogP contribution in [-0.2, 0) is 4.79 Å². The lowest BCUT2D eigenvalue weighted by atomic mass is 9.89. The van der Waals surface area contributed by atoms with Gasteiger partial charge in [0.2, 0.25) is 0 Å². The maximum atomic E-state index is 11.8. The van der Waals surface area contributed by atoms with Crippen LogP contribution in [0.3, 0.4) is 0 Å². The van der Waals surface area contributed by atoms with Crippen molar-refractivity contribution in [3.8, 4) is 11.8 Å². The van der Waals surface area contributed by atoms with Crippen molar-refractivity contribution in [2.75, 3.05) is 5.32 Å². The number of hydrogen-bond acceptors (Lipinski definition) is 2. The van der Waals surface area contributed by atoms with Gasteiger partial charge in [-0.1, -0.05) is 60.4 Å². The second-order valence-electron chi connectivity index (χ2n) is 4.69. The Kier molecular flexibility index (Phi) is 3.24. The van der Waals surface area contributed by atoms with Gasteiger partial charge in [-0.15, -0.1) is 0 Å². The molecule has 1 amide bonds. The van der Waals surface area contributed by atoms with Gasteiger partial charge < -0.3 is 11.1 Å². The van der Waals surface area contributed by atoms with E-state index in [1.165, 1.54) is 0 Å². The summed E-state index contributed by atoms with van der Waals surface area (Å²) in [4.78, 5) is 11.8. The van der Waals surface area contributed by atoms with Crippen LogP contribution in [0.4, 0.5) is 5.69 Å². The van der Waals surface area contributed by atoms with E-state index in [0.29, 0.717) is 0 Å². The van der Waals surface area contributed by atoms with E-state index in [1.807, 2.05) is 54.6 Å². The smallest absolute Gasteiger partial charge is 0.253 e. The number of rotatable bonds is 1. The molecule has 3 N–H and O–H groups in total. The number of carbonyl (C=O) groups excluding carboxylic acids is 1. The van der Waals surface area contributed by atoms with Crippen molar-refractivity contribution in [3.63, 3.8) is 0 Å². The first kappa shape index (κ1) is 12.5. The summed E-state index contributed by atoms with van der Waals surface area (Å²) in [5.74, 6) is 5.63. The van der Waals surface area contributed by atoms with Crippen LogP contribution in [0.5, 0.6) is 0 Å². The van der Waals surface area contributed by atoms with Crippen LogP contribution in [-0.4, -0.2) is 11.9 Å². The summed E-state index contributed by atoms with van der Waals surface area (Å²) in [6, 6.07) is 16.9. The first-order valence-electron chi connectivity index (χ1n) is 6.47. The third kappa shape index (κ3) is 2.29. The van der Waals surface area contributed by atoms with Gasteiger partial charge in [-0.05, 0) is 17.2 Å². The SMILES string of the molecule is NC1C#CC(c2ccccc2)c2ccccc2NC1=O. The van der Waals surface area contributed by atoms with E-state index in [4.69, 9.17) is 5.73 Å². The summed E-state index contributed by atoms with van der Waals surface area (Å²) in [7, 11) is 0. The van der Waals surface area contributed by atoms with Crippen molar-refractivity contribution in [1.29, 1.82) is 0 Å². The molecule has 0 bridgehead atoms. The third-order valence-electron chi connectivity index (χ3n) is 3.33. The van der Waals surface area contributed by atoms with E-state index in [-0.39, 0.29) is 11.8 Å². The summed E-state index contributed by atoms with van der Waals surface area (Å²) in [6.07, 6.45) is 0. The number of fused-ring (bicyclic) bond motifs is 1. The predicted octanol–water partition coefficient (Wildman–Crippen LogP) is 2.10. The summed E-state index contributed by atoms with van der Waals surface area (Å²) < 4.78 is 0. The lowest BCUT2D eigenvalue weighted by Crippen LogP contribution is -2.35. The lowest BCUT2D eigenvalue weighted by Gasteiger charge is -2.20. The van der Waals surface area contributed by atoms with Crippen molar-refractivity contribution in [2.45, 2.75) is 12.0 Å². The Bertz CT molecular complexity index is 698. The molecule has 1 aliphatic rings. The highest BCUT2D eigenvalue weighted by atomic mass is 16.2. The highest BCUT2D eigenvalue weighted by Gasteiger charge is 2.21. The predicted molar refractivity (Wildman–Crippen MR) is 79.1 cm³/mol. The molecule has 0 fully saturated rings. The molecule has 3 rings (SSSR count). The normalized spacial score (nSPS) is 20.8. The Hall–Kier alpha value is -2.57. The zero-order chi connectivity index (χ0) is 13.9. The highest BCUT2D eigenvalue weighted by molar-refractivity contribution is 5.98. The zero-order valence-electron chi connectivity index (χ0n) is 10.8. The molecule has 2 aromatic carbocycles. The molecule has 98 valence electrons. The van der Waals surface area contributed by atoms with E-state index in [9.17, 15) is 4.79 Å². The largest absolute Gasteiger partial charge is 0.324 e. The summed E-state index contributed by atoms with van der Waals surface area (Å²) in [6.45, 7) is 0. The summed E-state index contributed by atoms with van der Waals surface area (Å²) >= 11 is 0. The van der Waals surface area contributed by atoms with Gasteiger partial charge in [0.15, 0.2) is 0 Å². The van der Waals surface area contributed by atoms with Crippen LogP contribution < -0.4 is 11.1 Å². The van der Waals surface area contributed by atoms with Crippen LogP contribution in [0.15, 0.2) is 54.6 Å². The van der Waals surface area contributed by atoms with Crippen molar-refractivity contribution in [3.05, 3.63) is 65.7 Å². The number of nitrogens with two attached hydrogens (primary N) is 1. The summed E-state index contributed by atoms with van der Waals surface area (Å²) in [5.41, 5.74) is 8.62. The average Bonchev–Trinajstić information content (AvgIpc) is 2.48. The second kappa shape index (κ2) is 5.20. The fourth-order valence-electron chi connectivity index (χ4n) is 2.30. The molecule has 2 atom stereocenters. The lowest BCUT2D eigenvalue weighted by molar-refractivity contribution is -0.116. The number of amides is 1. The van der Waals surface area contributed by atoms with E-state index < -0.39 is 6.04 Å². The van der Waals surface area contributed by atoms with Gasteiger partial charge >= 0.3 is 0 Å². The Morgan fingerprint density at radius 2 is 1.65 bits per heavy atom. The number of benzene rings is 2. The minimum Gasteiger partial charge on any atom is -0.324 e. The van der Waals surface area contributed by atoms with Crippen LogP contribution >= 0.6 is 0 Å². The molecular formula is C17H14N2O. The molecule has 0 aromatic heterocycles. The fraction of sp³-hybridized carbons (Fsp3) is 0.118. The summed E-state index contributed by atoms with van der Waals surface area (Å²) in [5, 5.41) is 2.85. The first-order valence-corrected chi connectivity index (χ1v) is 6.47. The minimum atomic E-state index is -0.797. The Labute approximate surface area is 117 Å². The first-order chi connectivity index (χ1) is 9.75. The average molecular weight is 262 g/mol. The monoisotopic (exact) mass is 262 g/mol. The van der Waals surface area contributed by atoms with E-state index in [1.54, 1.807) is 0 Å². The zero-order valence-corrected chi connectivity index (χ0v) is 10.8. The van der Waals surface area contributed by atoms with Gasteiger partial charge in [-0.2, -0.15) is 0 Å². The molecule has 2 unspecified atom stereocenters. The highest BCUT2D eigenvalue weighted by Crippen LogP contribution is 2.30. The standard InChI is InChI=1S/C17H14N2O/c18-15-11-10-13(12-6-2-1-3-7-12)14-8-4-5-9-16(14)19-17(15)20/h1-9,13,15H,18H2,(H,19,20). The van der Waals surface area contributed by atoms with Crippen LogP contribution in [0.25, 0.3) is 0 Å². The van der Waals surface area contributed by atoms with Gasteiger partial charge in [-0.25, -0.2) is 0 Å². The molecule has 2 aromatic rings. The minimum absolute atomic E-state index is 0.0842. The van der Waals surface area contributed by atoms with E-state index in [0.717, 1.165) is 16.8 Å². The molecule has 0 saturated carbocycles. The molecule has 20 heavy (non-hydrogen) atoms. The van der Waals surface area contributed by atoms with E-state index >= 15 is 0 Å². The number of carbonyl (C=O) groups is 1. The number of nitrogens with one attached hydrogen (secondary N) is 1. The Balaban J connectivity index is 2.16. The molecule has 0 radical (unpaired) electrons. The van der Waals surface area contributed by atoms with Gasteiger partial charge in [0.1, 0.15) is 6.04 Å². The number of hydrogen-bond donors (Lipinski definition) is 2. The van der Waals surface area contributed by atoms with Gasteiger partial charge in [0.25, 0.3) is 5.91 Å². The third-order valence-corrected chi connectivity index (χ3v) is 3.33. The van der Waals surface area contributed by atoms with Crippen LogP contribution in [0.2, 0.25) is 0 Å². The fourth-order valence-corrected chi connectivity index (χ4v) is 2.30. The van der Waals surface area contributed by atoms with Crippen molar-refractivity contribution < 1.29 is 4.79 Å². The molecular weight excluding hydrogens is 248 g/mol. The maximum absolute atomic E-state index is 11.8. The van der Waals surface area contributed by atoms with Crippen molar-refractivity contribution >= 4 is 11.6 Å². The Morgan fingerprint density at radius 3 is 2.45 bits per heavy atom. The molecule has 1 aliphatic heterocycles. The molecule has 0 aliphatic carbocycles. The molecule has 3 heteroatoms. The van der Waals surface area contributed by atoms with Crippen LogP contribution in [0.1, 0.15) is 17.0 Å². The molecule has 0 saturated heterocycles. The van der Waals surface area contributed by atoms with Gasteiger partial charge in [0, 0.05) is 5.69 Å². The maximum Gasteiger partial charge on any atom is 0.253 e. The van der Waals surface area contributed by atoms with Gasteiger partial charge in [0.05, 0.1) is 5.92 Å². The topological polar surface area (TPSA) is 55.1 Å².